The molecule has 2 aromatic carbocycles. The maximum absolute atomic E-state index is 12.8. The Labute approximate surface area is 151 Å². The Balaban J connectivity index is 1.40. The highest BCUT2D eigenvalue weighted by Gasteiger charge is 2.31. The lowest BCUT2D eigenvalue weighted by atomic mass is 10.1. The molecule has 0 radical (unpaired) electrons. The van der Waals surface area contributed by atoms with Crippen LogP contribution in [0.3, 0.4) is 0 Å². The zero-order valence-electron chi connectivity index (χ0n) is 14.2. The number of halogens is 1. The lowest BCUT2D eigenvalue weighted by molar-refractivity contribution is -0.121. The van der Waals surface area contributed by atoms with Gasteiger partial charge < -0.3 is 10.1 Å². The van der Waals surface area contributed by atoms with Crippen molar-refractivity contribution in [1.29, 1.82) is 0 Å². The Kier molecular flexibility index (Phi) is 5.31. The van der Waals surface area contributed by atoms with Crippen molar-refractivity contribution >= 4 is 17.5 Å². The van der Waals surface area contributed by atoms with Gasteiger partial charge in [-0.05, 0) is 36.8 Å². The van der Waals surface area contributed by atoms with E-state index in [-0.39, 0.29) is 24.2 Å². The second kappa shape index (κ2) is 7.82. The summed E-state index contributed by atoms with van der Waals surface area (Å²) in [5, 5.41) is 2.76. The monoisotopic (exact) mass is 354 g/mol. The molecule has 1 N–H and O–H groups in total. The summed E-state index contributed by atoms with van der Waals surface area (Å²) in [5.74, 6) is -0.200. The number of hydrogen-bond acceptors (Lipinski definition) is 3. The van der Waals surface area contributed by atoms with Crippen molar-refractivity contribution in [1.82, 2.24) is 10.2 Å². The highest BCUT2D eigenvalue weighted by atomic mass is 19.1. The second-order valence-corrected chi connectivity index (χ2v) is 5.89. The molecule has 5 nitrogen and oxygen atoms in total. The van der Waals surface area contributed by atoms with Gasteiger partial charge in [-0.3, -0.25) is 14.5 Å². The number of carbonyl (C=O) groups excluding carboxylic acids is 2. The number of carbonyl (C=O) groups is 2. The van der Waals surface area contributed by atoms with Crippen LogP contribution >= 0.6 is 0 Å². The molecule has 0 unspecified atom stereocenters. The first kappa shape index (κ1) is 17.7. The summed E-state index contributed by atoms with van der Waals surface area (Å²) in [6.07, 6.45) is 0.595. The lowest BCUT2D eigenvalue weighted by Gasteiger charge is -2.17. The first-order chi connectivity index (χ1) is 12.6. The SMILES string of the molecule is C=C1c2ccccc2C(=O)N1CC(=O)NCCCOc1ccc(F)cc1. The standard InChI is InChI=1S/C20H19FN2O3/c1-14-17-5-2-3-6-18(17)20(25)23(14)13-19(24)22-11-4-12-26-16-9-7-15(21)8-10-16/h2-3,5-10H,1,4,11-13H2,(H,22,24). The molecule has 3 rings (SSSR count). The van der Waals surface area contributed by atoms with Gasteiger partial charge in [0.25, 0.3) is 5.91 Å². The summed E-state index contributed by atoms with van der Waals surface area (Å²) >= 11 is 0. The quantitative estimate of drug-likeness (QED) is 0.778. The van der Waals surface area contributed by atoms with E-state index >= 15 is 0 Å². The van der Waals surface area contributed by atoms with E-state index < -0.39 is 0 Å². The minimum atomic E-state index is -0.315. The number of ether oxygens (including phenoxy) is 1. The summed E-state index contributed by atoms with van der Waals surface area (Å²) in [7, 11) is 0. The molecule has 0 atom stereocenters. The molecule has 2 amide bonds. The van der Waals surface area contributed by atoms with Crippen LogP contribution in [0.4, 0.5) is 4.39 Å². The van der Waals surface area contributed by atoms with E-state index in [1.54, 1.807) is 24.3 Å². The highest BCUT2D eigenvalue weighted by molar-refractivity contribution is 6.10. The number of benzene rings is 2. The molecular formula is C20H19FN2O3. The van der Waals surface area contributed by atoms with E-state index in [0.29, 0.717) is 36.6 Å². The minimum Gasteiger partial charge on any atom is -0.494 e. The summed E-state index contributed by atoms with van der Waals surface area (Å²) in [5.41, 5.74) is 1.87. The van der Waals surface area contributed by atoms with Crippen molar-refractivity contribution in [3.8, 4) is 5.75 Å². The van der Waals surface area contributed by atoms with Gasteiger partial charge in [0.15, 0.2) is 0 Å². The van der Waals surface area contributed by atoms with Crippen LogP contribution < -0.4 is 10.1 Å². The van der Waals surface area contributed by atoms with E-state index in [9.17, 15) is 14.0 Å². The predicted octanol–water partition coefficient (Wildman–Crippen LogP) is 2.84. The molecule has 6 heteroatoms. The van der Waals surface area contributed by atoms with Gasteiger partial charge in [0.1, 0.15) is 18.1 Å². The van der Waals surface area contributed by atoms with Crippen molar-refractivity contribution in [2.24, 2.45) is 0 Å². The summed E-state index contributed by atoms with van der Waals surface area (Å²) in [4.78, 5) is 25.8. The fraction of sp³-hybridized carbons (Fsp3) is 0.200. The van der Waals surface area contributed by atoms with Crippen LogP contribution in [0.25, 0.3) is 5.70 Å². The molecule has 2 aromatic rings. The molecular weight excluding hydrogens is 335 g/mol. The van der Waals surface area contributed by atoms with E-state index in [1.165, 1.54) is 17.0 Å². The van der Waals surface area contributed by atoms with Crippen molar-refractivity contribution in [3.05, 3.63) is 72.1 Å². The van der Waals surface area contributed by atoms with Crippen LogP contribution in [-0.4, -0.2) is 36.4 Å². The Hall–Kier alpha value is -3.15. The van der Waals surface area contributed by atoms with Gasteiger partial charge in [-0.2, -0.15) is 0 Å². The molecule has 0 spiro atoms. The first-order valence-corrected chi connectivity index (χ1v) is 8.31. The molecule has 0 fully saturated rings. The van der Waals surface area contributed by atoms with Gasteiger partial charge in [-0.1, -0.05) is 24.8 Å². The van der Waals surface area contributed by atoms with Crippen LogP contribution in [-0.2, 0) is 4.79 Å². The zero-order chi connectivity index (χ0) is 18.5. The molecule has 26 heavy (non-hydrogen) atoms. The van der Waals surface area contributed by atoms with Gasteiger partial charge in [-0.25, -0.2) is 4.39 Å². The zero-order valence-corrected chi connectivity index (χ0v) is 14.2. The maximum atomic E-state index is 12.8. The number of hydrogen-bond donors (Lipinski definition) is 1. The summed E-state index contributed by atoms with van der Waals surface area (Å²) < 4.78 is 18.2. The smallest absolute Gasteiger partial charge is 0.259 e. The van der Waals surface area contributed by atoms with Crippen LogP contribution in [0.2, 0.25) is 0 Å². The number of fused-ring (bicyclic) bond motifs is 1. The Morgan fingerprint density at radius 3 is 2.50 bits per heavy atom. The van der Waals surface area contributed by atoms with Crippen LogP contribution in [0.1, 0.15) is 22.3 Å². The lowest BCUT2D eigenvalue weighted by Crippen LogP contribution is -2.37. The number of amides is 2. The average molecular weight is 354 g/mol. The molecule has 134 valence electrons. The number of nitrogens with zero attached hydrogens (tertiary/aromatic N) is 1. The van der Waals surface area contributed by atoms with E-state index in [4.69, 9.17) is 4.74 Å². The first-order valence-electron chi connectivity index (χ1n) is 8.31. The van der Waals surface area contributed by atoms with E-state index in [2.05, 4.69) is 11.9 Å². The number of rotatable bonds is 7. The fourth-order valence-electron chi connectivity index (χ4n) is 2.72. The molecule has 0 saturated carbocycles. The molecule has 0 aliphatic carbocycles. The van der Waals surface area contributed by atoms with Gasteiger partial charge in [0.2, 0.25) is 5.91 Å². The molecule has 0 aromatic heterocycles. The maximum Gasteiger partial charge on any atom is 0.259 e. The third-order valence-electron chi connectivity index (χ3n) is 4.07. The van der Waals surface area contributed by atoms with E-state index in [1.807, 2.05) is 12.1 Å². The normalized spacial score (nSPS) is 12.9. The average Bonchev–Trinajstić information content (AvgIpc) is 2.88. The van der Waals surface area contributed by atoms with Crippen molar-refractivity contribution < 1.29 is 18.7 Å². The van der Waals surface area contributed by atoms with Gasteiger partial charge in [0.05, 0.1) is 6.61 Å². The summed E-state index contributed by atoms with van der Waals surface area (Å²) in [6.45, 7) is 4.66. The Bertz CT molecular complexity index is 798. The predicted molar refractivity (Wildman–Crippen MR) is 96.0 cm³/mol. The topological polar surface area (TPSA) is 58.6 Å². The van der Waals surface area contributed by atoms with Crippen LogP contribution in [0.15, 0.2) is 55.1 Å². The Morgan fingerprint density at radius 1 is 1.12 bits per heavy atom. The molecule has 1 aliphatic rings. The van der Waals surface area contributed by atoms with Crippen LogP contribution in [0.5, 0.6) is 5.75 Å². The van der Waals surface area contributed by atoms with Crippen molar-refractivity contribution in [2.75, 3.05) is 19.7 Å². The van der Waals surface area contributed by atoms with Gasteiger partial charge >= 0.3 is 0 Å². The van der Waals surface area contributed by atoms with Crippen molar-refractivity contribution in [3.63, 3.8) is 0 Å². The van der Waals surface area contributed by atoms with Gasteiger partial charge in [-0.15, -0.1) is 0 Å². The van der Waals surface area contributed by atoms with E-state index in [0.717, 1.165) is 5.56 Å². The molecule has 0 saturated heterocycles. The summed E-state index contributed by atoms with van der Waals surface area (Å²) in [6, 6.07) is 12.9. The van der Waals surface area contributed by atoms with Crippen LogP contribution in [0, 0.1) is 5.82 Å². The Morgan fingerprint density at radius 2 is 1.81 bits per heavy atom. The molecule has 0 bridgehead atoms. The largest absolute Gasteiger partial charge is 0.494 e. The molecule has 1 aliphatic heterocycles. The third kappa shape index (κ3) is 3.91. The minimum absolute atomic E-state index is 0.0643. The number of nitrogens with one attached hydrogen (secondary N) is 1. The fourth-order valence-corrected chi connectivity index (χ4v) is 2.72. The molecule has 1 heterocycles. The third-order valence-corrected chi connectivity index (χ3v) is 4.07. The van der Waals surface area contributed by atoms with Crippen molar-refractivity contribution in [2.45, 2.75) is 6.42 Å². The van der Waals surface area contributed by atoms with Gasteiger partial charge in [0, 0.05) is 23.4 Å². The second-order valence-electron chi connectivity index (χ2n) is 5.89. The highest BCUT2D eigenvalue weighted by Crippen LogP contribution is 2.30.